The zero-order chi connectivity index (χ0) is 10.4. The van der Waals surface area contributed by atoms with Crippen molar-refractivity contribution in [1.82, 2.24) is 0 Å². The lowest BCUT2D eigenvalue weighted by atomic mass is 10.3. The van der Waals surface area contributed by atoms with Crippen LogP contribution in [0.1, 0.15) is 6.92 Å². The molecule has 0 aliphatic heterocycles. The van der Waals surface area contributed by atoms with Crippen LogP contribution in [0.5, 0.6) is 0 Å². The van der Waals surface area contributed by atoms with Gasteiger partial charge in [-0.05, 0) is 19.1 Å². The molecule has 0 amide bonds. The van der Waals surface area contributed by atoms with Crippen LogP contribution in [0.3, 0.4) is 0 Å². The second-order valence-electron chi connectivity index (χ2n) is 2.68. The topological polar surface area (TPSA) is 72.0 Å². The van der Waals surface area contributed by atoms with Gasteiger partial charge in [-0.25, -0.2) is 0 Å². The fraction of sp³-hybridized carbons (Fsp3) is 0.100. The lowest BCUT2D eigenvalue weighted by molar-refractivity contribution is 1.34. The minimum Gasteiger partial charge on any atom is -0.303 e. The molecule has 0 heterocycles. The lowest BCUT2D eigenvalue weighted by Crippen LogP contribution is -2.08. The number of hydrogen-bond donors (Lipinski definition) is 2. The molecule has 70 valence electrons. The number of nitriles is 1. The molecule has 0 radical (unpaired) electrons. The van der Waals surface area contributed by atoms with Crippen molar-refractivity contribution in [3.63, 3.8) is 0 Å². The Kier molecular flexibility index (Phi) is 3.39. The molecule has 2 N–H and O–H groups in total. The van der Waals surface area contributed by atoms with Crippen LogP contribution < -0.4 is 5.43 Å². The highest BCUT2D eigenvalue weighted by molar-refractivity contribution is 6.46. The molecule has 4 nitrogen and oxygen atoms in total. The van der Waals surface area contributed by atoms with E-state index in [1.165, 1.54) is 6.92 Å². The van der Waals surface area contributed by atoms with Gasteiger partial charge in [-0.2, -0.15) is 10.4 Å². The second-order valence-corrected chi connectivity index (χ2v) is 2.68. The minimum absolute atomic E-state index is 0.0915. The maximum absolute atomic E-state index is 8.61. The van der Waals surface area contributed by atoms with Gasteiger partial charge in [0.2, 0.25) is 0 Å². The average Bonchev–Trinajstić information content (AvgIpc) is 2.20. The van der Waals surface area contributed by atoms with E-state index < -0.39 is 0 Å². The summed E-state index contributed by atoms with van der Waals surface area (Å²) in [6, 6.07) is 11.1. The number of para-hydroxylation sites is 1. The van der Waals surface area contributed by atoms with Crippen molar-refractivity contribution in [1.29, 1.82) is 10.7 Å². The number of hydrogen-bond acceptors (Lipinski definition) is 4. The van der Waals surface area contributed by atoms with Gasteiger partial charge < -0.3 is 5.41 Å². The first-order valence-corrected chi connectivity index (χ1v) is 4.08. The molecule has 1 aromatic rings. The first kappa shape index (κ1) is 9.93. The van der Waals surface area contributed by atoms with Crippen LogP contribution in [-0.2, 0) is 0 Å². The SMILES string of the molecule is CC(=N)C(C#N)=NNc1ccccc1. The van der Waals surface area contributed by atoms with Crippen LogP contribution in [0.25, 0.3) is 0 Å². The van der Waals surface area contributed by atoms with Gasteiger partial charge in [0.15, 0.2) is 5.71 Å². The molecule has 0 bridgehead atoms. The first-order chi connectivity index (χ1) is 6.74. The van der Waals surface area contributed by atoms with E-state index in [-0.39, 0.29) is 11.4 Å². The van der Waals surface area contributed by atoms with Crippen LogP contribution in [0.15, 0.2) is 35.4 Å². The summed E-state index contributed by atoms with van der Waals surface area (Å²) in [6.07, 6.45) is 0. The Morgan fingerprint density at radius 1 is 1.43 bits per heavy atom. The predicted molar refractivity (Wildman–Crippen MR) is 56.5 cm³/mol. The third kappa shape index (κ3) is 2.72. The van der Waals surface area contributed by atoms with Crippen LogP contribution in [0.4, 0.5) is 5.69 Å². The number of hydrazone groups is 1. The Balaban J connectivity index is 2.73. The van der Waals surface area contributed by atoms with Crippen molar-refractivity contribution in [2.45, 2.75) is 6.92 Å². The molecule has 4 heteroatoms. The second kappa shape index (κ2) is 4.77. The zero-order valence-corrected chi connectivity index (χ0v) is 7.78. The monoisotopic (exact) mass is 186 g/mol. The van der Waals surface area contributed by atoms with Crippen LogP contribution in [-0.4, -0.2) is 11.4 Å². The number of benzene rings is 1. The standard InChI is InChI=1S/C10H10N4/c1-8(12)10(7-11)14-13-9-5-3-2-4-6-9/h2-6,12-13H,1H3. The molecule has 1 rings (SSSR count). The van der Waals surface area contributed by atoms with Crippen molar-refractivity contribution in [2.75, 3.05) is 5.43 Å². The summed E-state index contributed by atoms with van der Waals surface area (Å²) < 4.78 is 0. The summed E-state index contributed by atoms with van der Waals surface area (Å²) in [6.45, 7) is 1.52. The normalized spacial score (nSPS) is 10.4. The largest absolute Gasteiger partial charge is 0.303 e. The predicted octanol–water partition coefficient (Wildman–Crippen LogP) is 2.02. The molecule has 14 heavy (non-hydrogen) atoms. The van der Waals surface area contributed by atoms with Crippen molar-refractivity contribution >= 4 is 17.1 Å². The highest BCUT2D eigenvalue weighted by atomic mass is 15.3. The minimum atomic E-state index is 0.0915. The summed E-state index contributed by atoms with van der Waals surface area (Å²) in [4.78, 5) is 0. The number of anilines is 1. The van der Waals surface area contributed by atoms with Gasteiger partial charge in [0.25, 0.3) is 0 Å². The highest BCUT2D eigenvalue weighted by Crippen LogP contribution is 2.04. The Labute approximate surface area is 82.4 Å². The Bertz CT molecular complexity index is 386. The number of nitrogens with one attached hydrogen (secondary N) is 2. The molecule has 0 aliphatic carbocycles. The van der Waals surface area contributed by atoms with E-state index in [9.17, 15) is 0 Å². The Hall–Kier alpha value is -2.15. The summed E-state index contributed by atoms with van der Waals surface area (Å²) in [5.74, 6) is 0. The van der Waals surface area contributed by atoms with Gasteiger partial charge in [-0.15, -0.1) is 0 Å². The fourth-order valence-corrected chi connectivity index (χ4v) is 0.826. The van der Waals surface area contributed by atoms with E-state index in [1.54, 1.807) is 0 Å². The molecule has 0 saturated carbocycles. The molecule has 0 atom stereocenters. The zero-order valence-electron chi connectivity index (χ0n) is 7.78. The maximum atomic E-state index is 8.61. The average molecular weight is 186 g/mol. The van der Waals surface area contributed by atoms with Gasteiger partial charge in [0, 0.05) is 0 Å². The summed E-state index contributed by atoms with van der Waals surface area (Å²) in [5.41, 5.74) is 3.74. The van der Waals surface area contributed by atoms with Crippen LogP contribution in [0, 0.1) is 16.7 Å². The fourth-order valence-electron chi connectivity index (χ4n) is 0.826. The number of rotatable bonds is 3. The van der Waals surface area contributed by atoms with E-state index in [1.807, 2.05) is 36.4 Å². The van der Waals surface area contributed by atoms with Crippen LogP contribution in [0.2, 0.25) is 0 Å². The molecule has 1 aromatic carbocycles. The third-order valence-electron chi connectivity index (χ3n) is 1.53. The Morgan fingerprint density at radius 3 is 2.57 bits per heavy atom. The van der Waals surface area contributed by atoms with E-state index in [0.29, 0.717) is 0 Å². The molecular weight excluding hydrogens is 176 g/mol. The molecule has 0 aliphatic rings. The van der Waals surface area contributed by atoms with E-state index in [4.69, 9.17) is 10.7 Å². The smallest absolute Gasteiger partial charge is 0.181 e. The van der Waals surface area contributed by atoms with Gasteiger partial charge >= 0.3 is 0 Å². The molecule has 0 saturated heterocycles. The molecule has 0 aromatic heterocycles. The van der Waals surface area contributed by atoms with Gasteiger partial charge in [0.1, 0.15) is 6.07 Å². The van der Waals surface area contributed by atoms with Gasteiger partial charge in [-0.1, -0.05) is 18.2 Å². The maximum Gasteiger partial charge on any atom is 0.181 e. The molecule has 0 unspecified atom stereocenters. The lowest BCUT2D eigenvalue weighted by Gasteiger charge is -1.99. The van der Waals surface area contributed by atoms with E-state index >= 15 is 0 Å². The quantitative estimate of drug-likeness (QED) is 0.560. The van der Waals surface area contributed by atoms with Crippen molar-refractivity contribution in [3.05, 3.63) is 30.3 Å². The summed E-state index contributed by atoms with van der Waals surface area (Å²) >= 11 is 0. The first-order valence-electron chi connectivity index (χ1n) is 4.08. The van der Waals surface area contributed by atoms with Gasteiger partial charge in [-0.3, -0.25) is 5.43 Å². The third-order valence-corrected chi connectivity index (χ3v) is 1.53. The molecular formula is C10H10N4. The summed E-state index contributed by atoms with van der Waals surface area (Å²) in [7, 11) is 0. The highest BCUT2D eigenvalue weighted by Gasteiger charge is 1.98. The van der Waals surface area contributed by atoms with Crippen LogP contribution >= 0.6 is 0 Å². The van der Waals surface area contributed by atoms with Gasteiger partial charge in [0.05, 0.1) is 11.4 Å². The molecule has 0 spiro atoms. The molecule has 0 fully saturated rings. The van der Waals surface area contributed by atoms with E-state index in [0.717, 1.165) is 5.69 Å². The van der Waals surface area contributed by atoms with Crippen molar-refractivity contribution in [2.24, 2.45) is 5.10 Å². The van der Waals surface area contributed by atoms with Crippen molar-refractivity contribution in [3.8, 4) is 6.07 Å². The van der Waals surface area contributed by atoms with E-state index in [2.05, 4.69) is 10.5 Å². The summed E-state index contributed by atoms with van der Waals surface area (Å²) in [5, 5.41) is 19.6. The number of nitrogens with zero attached hydrogens (tertiary/aromatic N) is 2. The Morgan fingerprint density at radius 2 is 2.07 bits per heavy atom. The van der Waals surface area contributed by atoms with Crippen molar-refractivity contribution < 1.29 is 0 Å².